The summed E-state index contributed by atoms with van der Waals surface area (Å²) in [5.74, 6) is 2.61. The first kappa shape index (κ1) is 12.0. The van der Waals surface area contributed by atoms with Gasteiger partial charge in [0.05, 0.1) is 0 Å². The van der Waals surface area contributed by atoms with Gasteiger partial charge in [0.25, 0.3) is 0 Å². The first-order chi connectivity index (χ1) is 8.83. The Balaban J connectivity index is 1.45. The lowest BCUT2D eigenvalue weighted by Gasteiger charge is -2.26. The van der Waals surface area contributed by atoms with Gasteiger partial charge >= 0.3 is 0 Å². The normalized spacial score (nSPS) is 30.8. The highest BCUT2D eigenvalue weighted by Crippen LogP contribution is 2.44. The summed E-state index contributed by atoms with van der Waals surface area (Å²) in [4.78, 5) is 0. The molecule has 0 saturated heterocycles. The summed E-state index contributed by atoms with van der Waals surface area (Å²) in [6.07, 6.45) is 8.84. The number of rotatable bonds is 5. The average molecular weight is 241 g/mol. The van der Waals surface area contributed by atoms with Crippen LogP contribution in [0.2, 0.25) is 0 Å². The second-order valence-corrected chi connectivity index (χ2v) is 5.92. The third kappa shape index (κ3) is 2.51. The summed E-state index contributed by atoms with van der Waals surface area (Å²) in [5.41, 5.74) is 1.44. The molecule has 4 atom stereocenters. The smallest absolute Gasteiger partial charge is 0.00729 e. The Labute approximate surface area is 110 Å². The zero-order chi connectivity index (χ0) is 12.4. The molecule has 0 radical (unpaired) electrons. The standard InChI is InChI=1S/C17H23N/c1-13(17-12-15-7-8-16(17)11-15)18-10-9-14-5-3-2-4-6-14/h2-8,13,15-18H,9-12H2,1H3. The molecule has 1 nitrogen and oxygen atoms in total. The predicted molar refractivity (Wildman–Crippen MR) is 76.5 cm³/mol. The van der Waals surface area contributed by atoms with Crippen LogP contribution in [0.3, 0.4) is 0 Å². The molecule has 96 valence electrons. The summed E-state index contributed by atoms with van der Waals surface area (Å²) in [7, 11) is 0. The van der Waals surface area contributed by atoms with Crippen LogP contribution < -0.4 is 5.32 Å². The molecule has 1 N–H and O–H groups in total. The van der Waals surface area contributed by atoms with E-state index in [1.165, 1.54) is 18.4 Å². The maximum Gasteiger partial charge on any atom is 0.00729 e. The van der Waals surface area contributed by atoms with Gasteiger partial charge in [0.2, 0.25) is 0 Å². The van der Waals surface area contributed by atoms with Crippen LogP contribution in [0.1, 0.15) is 25.3 Å². The van der Waals surface area contributed by atoms with E-state index in [0.29, 0.717) is 6.04 Å². The number of nitrogens with one attached hydrogen (secondary N) is 1. The molecular formula is C17H23N. The molecule has 2 aliphatic rings. The van der Waals surface area contributed by atoms with E-state index >= 15 is 0 Å². The van der Waals surface area contributed by atoms with Crippen molar-refractivity contribution in [1.82, 2.24) is 5.32 Å². The van der Waals surface area contributed by atoms with Crippen LogP contribution in [0.4, 0.5) is 0 Å². The van der Waals surface area contributed by atoms with E-state index in [1.54, 1.807) is 0 Å². The van der Waals surface area contributed by atoms with Crippen LogP contribution >= 0.6 is 0 Å². The Morgan fingerprint density at radius 2 is 2.00 bits per heavy atom. The van der Waals surface area contributed by atoms with E-state index in [0.717, 1.165) is 30.7 Å². The Morgan fingerprint density at radius 1 is 1.17 bits per heavy atom. The van der Waals surface area contributed by atoms with Crippen molar-refractivity contribution in [2.24, 2.45) is 17.8 Å². The van der Waals surface area contributed by atoms with Gasteiger partial charge in [-0.25, -0.2) is 0 Å². The molecule has 1 fully saturated rings. The van der Waals surface area contributed by atoms with Crippen LogP contribution in [-0.2, 0) is 6.42 Å². The van der Waals surface area contributed by atoms with E-state index in [1.807, 2.05) is 0 Å². The third-order valence-electron chi connectivity index (χ3n) is 4.70. The maximum atomic E-state index is 3.72. The molecular weight excluding hydrogens is 218 g/mol. The molecule has 4 unspecified atom stereocenters. The van der Waals surface area contributed by atoms with Crippen molar-refractivity contribution in [1.29, 1.82) is 0 Å². The molecule has 0 aliphatic heterocycles. The summed E-state index contributed by atoms with van der Waals surface area (Å²) in [5, 5.41) is 3.72. The minimum Gasteiger partial charge on any atom is -0.314 e. The largest absolute Gasteiger partial charge is 0.314 e. The summed E-state index contributed by atoms with van der Waals surface area (Å²) in [6.45, 7) is 3.47. The molecule has 0 spiro atoms. The molecule has 2 bridgehead atoms. The Hall–Kier alpha value is -1.08. The van der Waals surface area contributed by atoms with Gasteiger partial charge < -0.3 is 5.32 Å². The second-order valence-electron chi connectivity index (χ2n) is 5.92. The Morgan fingerprint density at radius 3 is 2.67 bits per heavy atom. The fraction of sp³-hybridized carbons (Fsp3) is 0.529. The van der Waals surface area contributed by atoms with Gasteiger partial charge in [-0.05, 0) is 56.0 Å². The third-order valence-corrected chi connectivity index (χ3v) is 4.70. The topological polar surface area (TPSA) is 12.0 Å². The van der Waals surface area contributed by atoms with E-state index in [4.69, 9.17) is 0 Å². The number of fused-ring (bicyclic) bond motifs is 2. The SMILES string of the molecule is CC(NCCc1ccccc1)C1CC2C=CC1C2. The first-order valence-corrected chi connectivity index (χ1v) is 7.28. The fourth-order valence-electron chi connectivity index (χ4n) is 3.64. The highest BCUT2D eigenvalue weighted by atomic mass is 14.9. The number of hydrogen-bond acceptors (Lipinski definition) is 1. The highest BCUT2D eigenvalue weighted by Gasteiger charge is 2.38. The lowest BCUT2D eigenvalue weighted by molar-refractivity contribution is 0.329. The van der Waals surface area contributed by atoms with Crippen molar-refractivity contribution in [2.45, 2.75) is 32.2 Å². The van der Waals surface area contributed by atoms with Crippen molar-refractivity contribution in [3.05, 3.63) is 48.0 Å². The summed E-state index contributed by atoms with van der Waals surface area (Å²) in [6, 6.07) is 11.4. The molecule has 1 aromatic rings. The van der Waals surface area contributed by atoms with Crippen LogP contribution in [0.15, 0.2) is 42.5 Å². The van der Waals surface area contributed by atoms with E-state index in [9.17, 15) is 0 Å². The predicted octanol–water partition coefficient (Wildman–Crippen LogP) is 3.42. The van der Waals surface area contributed by atoms with Crippen molar-refractivity contribution < 1.29 is 0 Å². The number of benzene rings is 1. The van der Waals surface area contributed by atoms with Crippen LogP contribution in [0.25, 0.3) is 0 Å². The number of hydrogen-bond donors (Lipinski definition) is 1. The lowest BCUT2D eigenvalue weighted by atomic mass is 9.87. The molecule has 0 amide bonds. The lowest BCUT2D eigenvalue weighted by Crippen LogP contribution is -2.36. The van der Waals surface area contributed by atoms with Gasteiger partial charge in [0.15, 0.2) is 0 Å². The minimum atomic E-state index is 0.661. The van der Waals surface area contributed by atoms with Gasteiger partial charge in [-0.2, -0.15) is 0 Å². The molecule has 0 aromatic heterocycles. The molecule has 0 heterocycles. The highest BCUT2D eigenvalue weighted by molar-refractivity contribution is 5.15. The first-order valence-electron chi connectivity index (χ1n) is 7.28. The van der Waals surface area contributed by atoms with Crippen LogP contribution in [-0.4, -0.2) is 12.6 Å². The molecule has 2 aliphatic carbocycles. The summed E-state index contributed by atoms with van der Waals surface area (Å²) < 4.78 is 0. The average Bonchev–Trinajstić information content (AvgIpc) is 3.02. The van der Waals surface area contributed by atoms with Crippen molar-refractivity contribution in [2.75, 3.05) is 6.54 Å². The van der Waals surface area contributed by atoms with E-state index < -0.39 is 0 Å². The van der Waals surface area contributed by atoms with Gasteiger partial charge in [-0.1, -0.05) is 42.5 Å². The van der Waals surface area contributed by atoms with Gasteiger partial charge in [0.1, 0.15) is 0 Å². The zero-order valence-corrected chi connectivity index (χ0v) is 11.2. The molecule has 18 heavy (non-hydrogen) atoms. The molecule has 1 aromatic carbocycles. The van der Waals surface area contributed by atoms with Crippen LogP contribution in [0, 0.1) is 17.8 Å². The van der Waals surface area contributed by atoms with Crippen molar-refractivity contribution in [3.8, 4) is 0 Å². The van der Waals surface area contributed by atoms with E-state index in [2.05, 4.69) is 54.7 Å². The van der Waals surface area contributed by atoms with Gasteiger partial charge in [-0.3, -0.25) is 0 Å². The quantitative estimate of drug-likeness (QED) is 0.779. The minimum absolute atomic E-state index is 0.661. The van der Waals surface area contributed by atoms with Crippen molar-refractivity contribution >= 4 is 0 Å². The second kappa shape index (κ2) is 5.27. The Kier molecular flexibility index (Phi) is 3.51. The van der Waals surface area contributed by atoms with Gasteiger partial charge in [-0.15, -0.1) is 0 Å². The Bertz CT molecular complexity index is 409. The number of allylic oxidation sites excluding steroid dienone is 2. The zero-order valence-electron chi connectivity index (χ0n) is 11.2. The van der Waals surface area contributed by atoms with Gasteiger partial charge in [0, 0.05) is 6.04 Å². The molecule has 1 saturated carbocycles. The monoisotopic (exact) mass is 241 g/mol. The van der Waals surface area contributed by atoms with Crippen LogP contribution in [0.5, 0.6) is 0 Å². The van der Waals surface area contributed by atoms with E-state index in [-0.39, 0.29) is 0 Å². The summed E-state index contributed by atoms with van der Waals surface area (Å²) >= 11 is 0. The maximum absolute atomic E-state index is 3.72. The van der Waals surface area contributed by atoms with Crippen molar-refractivity contribution in [3.63, 3.8) is 0 Å². The fourth-order valence-corrected chi connectivity index (χ4v) is 3.64. The molecule has 3 rings (SSSR count). The molecule has 1 heteroatoms.